The van der Waals surface area contributed by atoms with Crippen molar-refractivity contribution in [2.75, 3.05) is 12.4 Å². The van der Waals surface area contributed by atoms with Gasteiger partial charge in [-0.1, -0.05) is 12.1 Å². The van der Waals surface area contributed by atoms with Crippen LogP contribution in [0, 0.1) is 0 Å². The molecule has 0 unspecified atom stereocenters. The number of rotatable bonds is 4. The Bertz CT molecular complexity index is 496. The van der Waals surface area contributed by atoms with Crippen molar-refractivity contribution in [1.82, 2.24) is 10.3 Å². The largest absolute Gasteiger partial charge is 0.387 e. The molecule has 0 saturated carbocycles. The molecular formula is C12H13N3OS. The van der Waals surface area contributed by atoms with Gasteiger partial charge in [-0.3, -0.25) is 9.78 Å². The maximum absolute atomic E-state index is 12.0. The number of carbonyl (C=O) groups is 1. The van der Waals surface area contributed by atoms with Gasteiger partial charge < -0.3 is 10.6 Å². The summed E-state index contributed by atoms with van der Waals surface area (Å²) in [5, 5.41) is 5.87. The second-order valence-corrected chi connectivity index (χ2v) is 4.42. The summed E-state index contributed by atoms with van der Waals surface area (Å²) in [7, 11) is 1.80. The van der Waals surface area contributed by atoms with Crippen LogP contribution in [0.5, 0.6) is 0 Å². The van der Waals surface area contributed by atoms with E-state index in [1.165, 1.54) is 11.3 Å². The molecule has 2 N–H and O–H groups in total. The van der Waals surface area contributed by atoms with Crippen molar-refractivity contribution in [1.29, 1.82) is 0 Å². The maximum atomic E-state index is 12.0. The minimum absolute atomic E-state index is 0.0802. The minimum Gasteiger partial charge on any atom is -0.387 e. The number of amides is 1. The molecule has 1 aromatic heterocycles. The monoisotopic (exact) mass is 247 g/mol. The minimum atomic E-state index is -0.0802. The van der Waals surface area contributed by atoms with Crippen molar-refractivity contribution < 1.29 is 4.79 Å². The lowest BCUT2D eigenvalue weighted by molar-refractivity contribution is 0.0952. The fourth-order valence-corrected chi connectivity index (χ4v) is 2.03. The van der Waals surface area contributed by atoms with E-state index >= 15 is 0 Å². The molecule has 0 spiro atoms. The number of anilines is 1. The summed E-state index contributed by atoms with van der Waals surface area (Å²) in [4.78, 5) is 17.0. The third-order valence-corrected chi connectivity index (χ3v) is 3.13. The molecular weight excluding hydrogens is 234 g/mol. The van der Waals surface area contributed by atoms with Crippen LogP contribution < -0.4 is 10.6 Å². The number of carbonyl (C=O) groups excluding carboxylic acids is 1. The van der Waals surface area contributed by atoms with Gasteiger partial charge in [0, 0.05) is 23.8 Å². The number of hydrogen-bond acceptors (Lipinski definition) is 4. The number of nitrogens with one attached hydrogen (secondary N) is 2. The number of nitrogens with zero attached hydrogens (tertiary/aromatic N) is 1. The highest BCUT2D eigenvalue weighted by molar-refractivity contribution is 7.09. The molecule has 0 atom stereocenters. The average molecular weight is 247 g/mol. The number of hydrogen-bond donors (Lipinski definition) is 2. The van der Waals surface area contributed by atoms with Gasteiger partial charge in [-0.15, -0.1) is 11.3 Å². The average Bonchev–Trinajstić information content (AvgIpc) is 2.89. The van der Waals surface area contributed by atoms with Crippen LogP contribution in [0.2, 0.25) is 0 Å². The van der Waals surface area contributed by atoms with Crippen LogP contribution in [0.3, 0.4) is 0 Å². The van der Waals surface area contributed by atoms with E-state index in [1.54, 1.807) is 24.8 Å². The zero-order valence-corrected chi connectivity index (χ0v) is 10.3. The number of thiazole rings is 1. The summed E-state index contributed by atoms with van der Waals surface area (Å²) >= 11 is 1.53. The molecule has 5 heteroatoms. The molecule has 0 radical (unpaired) electrons. The molecule has 88 valence electrons. The Morgan fingerprint density at radius 2 is 2.24 bits per heavy atom. The number of para-hydroxylation sites is 1. The Labute approximate surface area is 104 Å². The smallest absolute Gasteiger partial charge is 0.253 e. The fourth-order valence-electron chi connectivity index (χ4n) is 1.49. The predicted octanol–water partition coefficient (Wildman–Crippen LogP) is 2.11. The van der Waals surface area contributed by atoms with Crippen LogP contribution in [0.15, 0.2) is 36.0 Å². The van der Waals surface area contributed by atoms with Crippen LogP contribution in [0.25, 0.3) is 0 Å². The topological polar surface area (TPSA) is 54.0 Å². The molecule has 0 aliphatic heterocycles. The molecule has 2 aromatic rings. The van der Waals surface area contributed by atoms with Crippen molar-refractivity contribution in [3.05, 3.63) is 46.4 Å². The Hall–Kier alpha value is -1.88. The molecule has 2 rings (SSSR count). The highest BCUT2D eigenvalue weighted by Crippen LogP contribution is 2.14. The van der Waals surface area contributed by atoms with E-state index in [0.717, 1.165) is 10.6 Å². The summed E-state index contributed by atoms with van der Waals surface area (Å²) in [5.74, 6) is -0.0802. The van der Waals surface area contributed by atoms with Crippen molar-refractivity contribution in [3.63, 3.8) is 0 Å². The second-order valence-electron chi connectivity index (χ2n) is 3.45. The first-order valence-electron chi connectivity index (χ1n) is 5.23. The summed E-state index contributed by atoms with van der Waals surface area (Å²) in [6.45, 7) is 0.515. The van der Waals surface area contributed by atoms with Crippen LogP contribution in [0.1, 0.15) is 15.2 Å². The van der Waals surface area contributed by atoms with Crippen LogP contribution in [-0.4, -0.2) is 17.9 Å². The van der Waals surface area contributed by atoms with E-state index in [1.807, 2.05) is 18.2 Å². The molecule has 0 saturated heterocycles. The van der Waals surface area contributed by atoms with Gasteiger partial charge in [0.1, 0.15) is 0 Å². The lowest BCUT2D eigenvalue weighted by Gasteiger charge is -2.08. The summed E-state index contributed by atoms with van der Waals surface area (Å²) in [6, 6.07) is 7.42. The van der Waals surface area contributed by atoms with Gasteiger partial charge >= 0.3 is 0 Å². The van der Waals surface area contributed by atoms with Gasteiger partial charge in [0.15, 0.2) is 0 Å². The molecule has 17 heavy (non-hydrogen) atoms. The molecule has 0 bridgehead atoms. The first kappa shape index (κ1) is 11.6. The predicted molar refractivity (Wildman–Crippen MR) is 69.3 cm³/mol. The molecule has 1 aromatic carbocycles. The van der Waals surface area contributed by atoms with E-state index < -0.39 is 0 Å². The van der Waals surface area contributed by atoms with Gasteiger partial charge in [-0.05, 0) is 12.1 Å². The van der Waals surface area contributed by atoms with E-state index in [2.05, 4.69) is 15.6 Å². The van der Waals surface area contributed by atoms with Crippen LogP contribution in [-0.2, 0) is 6.54 Å². The van der Waals surface area contributed by atoms with Crippen LogP contribution in [0.4, 0.5) is 5.69 Å². The lowest BCUT2D eigenvalue weighted by atomic mass is 10.1. The van der Waals surface area contributed by atoms with Gasteiger partial charge in [0.05, 0.1) is 17.6 Å². The van der Waals surface area contributed by atoms with Gasteiger partial charge in [-0.2, -0.15) is 0 Å². The van der Waals surface area contributed by atoms with Crippen molar-refractivity contribution in [2.24, 2.45) is 0 Å². The molecule has 1 amide bonds. The molecule has 0 fully saturated rings. The van der Waals surface area contributed by atoms with Gasteiger partial charge in [0.2, 0.25) is 0 Å². The van der Waals surface area contributed by atoms with Crippen molar-refractivity contribution in [3.8, 4) is 0 Å². The fraction of sp³-hybridized carbons (Fsp3) is 0.167. The highest BCUT2D eigenvalue weighted by atomic mass is 32.1. The van der Waals surface area contributed by atoms with E-state index in [9.17, 15) is 4.79 Å². The third-order valence-electron chi connectivity index (χ3n) is 2.35. The third kappa shape index (κ3) is 2.82. The summed E-state index contributed by atoms with van der Waals surface area (Å²) in [5.41, 5.74) is 3.23. The number of benzene rings is 1. The summed E-state index contributed by atoms with van der Waals surface area (Å²) < 4.78 is 0. The Morgan fingerprint density at radius 3 is 2.94 bits per heavy atom. The number of aromatic nitrogens is 1. The van der Waals surface area contributed by atoms with E-state index in [-0.39, 0.29) is 5.91 Å². The normalized spacial score (nSPS) is 9.94. The zero-order valence-electron chi connectivity index (χ0n) is 9.43. The second kappa shape index (κ2) is 5.45. The first-order valence-corrected chi connectivity index (χ1v) is 6.11. The SMILES string of the molecule is CNc1ccccc1C(=O)NCc1cncs1. The highest BCUT2D eigenvalue weighted by Gasteiger charge is 2.09. The van der Waals surface area contributed by atoms with Crippen molar-refractivity contribution in [2.45, 2.75) is 6.54 Å². The van der Waals surface area contributed by atoms with Crippen molar-refractivity contribution >= 4 is 22.9 Å². The van der Waals surface area contributed by atoms with Gasteiger partial charge in [0.25, 0.3) is 5.91 Å². The standard InChI is InChI=1S/C12H13N3OS/c1-13-11-5-3-2-4-10(11)12(16)15-7-9-6-14-8-17-9/h2-6,8,13H,7H2,1H3,(H,15,16). The first-order chi connectivity index (χ1) is 8.31. The maximum Gasteiger partial charge on any atom is 0.253 e. The van der Waals surface area contributed by atoms with E-state index in [4.69, 9.17) is 0 Å². The lowest BCUT2D eigenvalue weighted by Crippen LogP contribution is -2.23. The molecule has 0 aliphatic rings. The Balaban J connectivity index is 2.04. The van der Waals surface area contributed by atoms with Gasteiger partial charge in [-0.25, -0.2) is 0 Å². The summed E-state index contributed by atoms with van der Waals surface area (Å²) in [6.07, 6.45) is 1.76. The molecule has 0 aliphatic carbocycles. The van der Waals surface area contributed by atoms with E-state index in [0.29, 0.717) is 12.1 Å². The quantitative estimate of drug-likeness (QED) is 0.870. The molecule has 1 heterocycles. The Kier molecular flexibility index (Phi) is 3.72. The molecule has 4 nitrogen and oxygen atoms in total. The van der Waals surface area contributed by atoms with Crippen LogP contribution >= 0.6 is 11.3 Å². The Morgan fingerprint density at radius 1 is 1.41 bits per heavy atom. The zero-order chi connectivity index (χ0) is 12.1.